The Hall–Kier alpha value is -2.38. The summed E-state index contributed by atoms with van der Waals surface area (Å²) >= 11 is 0. The zero-order valence-corrected chi connectivity index (χ0v) is 10.9. The molecule has 8 heteroatoms. The van der Waals surface area contributed by atoms with E-state index >= 15 is 0 Å². The molecule has 0 aromatic heterocycles. The number of carbonyl (C=O) groups excluding carboxylic acids is 4. The van der Waals surface area contributed by atoms with Gasteiger partial charge in [-0.2, -0.15) is 0 Å². The molecule has 0 atom stereocenters. The van der Waals surface area contributed by atoms with Crippen LogP contribution in [0.2, 0.25) is 0 Å². The second-order valence-corrected chi connectivity index (χ2v) is 3.41. The standard InChI is InChI=1S/C11H16N2O6/c1-4-5-12-10(16)13-11(17)19-8(14)6-7(2)9(15)18-3/h6H,4-5H2,1-3H3,(H2,12,13,16,17)/b7-6+. The number of imide groups is 1. The van der Waals surface area contributed by atoms with Crippen LogP contribution in [0.1, 0.15) is 20.3 Å². The number of rotatable bonds is 4. The fourth-order valence-corrected chi connectivity index (χ4v) is 0.918. The fourth-order valence-electron chi connectivity index (χ4n) is 0.918. The monoisotopic (exact) mass is 272 g/mol. The number of hydrogen-bond acceptors (Lipinski definition) is 6. The molecule has 106 valence electrons. The van der Waals surface area contributed by atoms with Crippen molar-refractivity contribution in [2.75, 3.05) is 13.7 Å². The largest absolute Gasteiger partial charge is 0.466 e. The number of methoxy groups -OCH3 is 1. The number of hydrogen-bond donors (Lipinski definition) is 2. The Kier molecular flexibility index (Phi) is 7.59. The second kappa shape index (κ2) is 8.67. The van der Waals surface area contributed by atoms with Gasteiger partial charge in [-0.1, -0.05) is 6.92 Å². The van der Waals surface area contributed by atoms with Gasteiger partial charge in [0.2, 0.25) is 0 Å². The molecular formula is C11H16N2O6. The highest BCUT2D eigenvalue weighted by molar-refractivity contribution is 6.01. The lowest BCUT2D eigenvalue weighted by Crippen LogP contribution is -2.40. The maximum absolute atomic E-state index is 11.2. The average molecular weight is 272 g/mol. The van der Waals surface area contributed by atoms with E-state index < -0.39 is 24.1 Å². The first kappa shape index (κ1) is 16.6. The number of nitrogens with one attached hydrogen (secondary N) is 2. The number of alkyl carbamates (subject to hydrolysis) is 1. The predicted molar refractivity (Wildman–Crippen MR) is 64.1 cm³/mol. The number of carbonyl (C=O) groups is 4. The van der Waals surface area contributed by atoms with E-state index in [1.165, 1.54) is 6.92 Å². The highest BCUT2D eigenvalue weighted by Crippen LogP contribution is 1.96. The van der Waals surface area contributed by atoms with Crippen LogP contribution >= 0.6 is 0 Å². The van der Waals surface area contributed by atoms with Crippen molar-refractivity contribution in [3.63, 3.8) is 0 Å². The lowest BCUT2D eigenvalue weighted by Gasteiger charge is -2.04. The molecule has 0 aromatic carbocycles. The fraction of sp³-hybridized carbons (Fsp3) is 0.455. The molecule has 0 rings (SSSR count). The van der Waals surface area contributed by atoms with E-state index in [0.717, 1.165) is 13.2 Å². The molecule has 2 N–H and O–H groups in total. The number of amides is 3. The molecule has 0 saturated carbocycles. The van der Waals surface area contributed by atoms with Crippen molar-refractivity contribution >= 4 is 24.1 Å². The van der Waals surface area contributed by atoms with Crippen LogP contribution in [-0.2, 0) is 19.1 Å². The predicted octanol–water partition coefficient (Wildman–Crippen LogP) is 0.478. The number of urea groups is 1. The normalized spacial score (nSPS) is 10.4. The zero-order valence-electron chi connectivity index (χ0n) is 10.9. The average Bonchev–Trinajstić information content (AvgIpc) is 2.34. The van der Waals surface area contributed by atoms with Crippen molar-refractivity contribution in [3.05, 3.63) is 11.6 Å². The SMILES string of the molecule is CCCNC(=O)NC(=O)OC(=O)/C=C(\C)C(=O)OC. The topological polar surface area (TPSA) is 111 Å². The van der Waals surface area contributed by atoms with Crippen molar-refractivity contribution in [2.45, 2.75) is 20.3 Å². The van der Waals surface area contributed by atoms with Crippen molar-refractivity contribution in [1.29, 1.82) is 0 Å². The lowest BCUT2D eigenvalue weighted by molar-refractivity contribution is -0.137. The highest BCUT2D eigenvalue weighted by Gasteiger charge is 2.13. The molecule has 3 amide bonds. The molecule has 0 radical (unpaired) electrons. The molecule has 8 nitrogen and oxygen atoms in total. The highest BCUT2D eigenvalue weighted by atomic mass is 16.6. The first-order valence-corrected chi connectivity index (χ1v) is 5.48. The third-order valence-electron chi connectivity index (χ3n) is 1.79. The van der Waals surface area contributed by atoms with Crippen LogP contribution < -0.4 is 10.6 Å². The number of ether oxygens (including phenoxy) is 2. The van der Waals surface area contributed by atoms with Crippen molar-refractivity contribution in [3.8, 4) is 0 Å². The van der Waals surface area contributed by atoms with Gasteiger partial charge < -0.3 is 14.8 Å². The van der Waals surface area contributed by atoms with Crippen LogP contribution in [0.5, 0.6) is 0 Å². The van der Waals surface area contributed by atoms with Gasteiger partial charge >= 0.3 is 24.1 Å². The minimum absolute atomic E-state index is 0.0317. The first-order chi connectivity index (χ1) is 8.90. The summed E-state index contributed by atoms with van der Waals surface area (Å²) in [7, 11) is 1.15. The Morgan fingerprint density at radius 3 is 2.37 bits per heavy atom. The summed E-state index contributed by atoms with van der Waals surface area (Å²) in [6.45, 7) is 3.54. The Morgan fingerprint density at radius 1 is 1.21 bits per heavy atom. The molecule has 0 unspecified atom stereocenters. The summed E-state index contributed by atoms with van der Waals surface area (Å²) < 4.78 is 8.58. The Labute approximate surface area is 110 Å². The summed E-state index contributed by atoms with van der Waals surface area (Å²) in [5, 5.41) is 4.14. The van der Waals surface area contributed by atoms with E-state index in [4.69, 9.17) is 0 Å². The van der Waals surface area contributed by atoms with Crippen LogP contribution in [0.4, 0.5) is 9.59 Å². The third kappa shape index (κ3) is 7.53. The molecule has 0 spiro atoms. The van der Waals surface area contributed by atoms with Crippen molar-refractivity contribution in [1.82, 2.24) is 10.6 Å². The molecule has 0 bridgehead atoms. The van der Waals surface area contributed by atoms with Gasteiger partial charge in [0.25, 0.3) is 0 Å². The van der Waals surface area contributed by atoms with Gasteiger partial charge in [-0.3, -0.25) is 0 Å². The number of esters is 2. The molecule has 0 saturated heterocycles. The minimum atomic E-state index is -1.23. The molecule has 19 heavy (non-hydrogen) atoms. The van der Waals surface area contributed by atoms with Crippen LogP contribution in [-0.4, -0.2) is 37.7 Å². The molecular weight excluding hydrogens is 256 g/mol. The van der Waals surface area contributed by atoms with Gasteiger partial charge in [-0.25, -0.2) is 24.5 Å². The molecule has 0 aromatic rings. The van der Waals surface area contributed by atoms with Gasteiger partial charge in [0.15, 0.2) is 0 Å². The smallest absolute Gasteiger partial charge is 0.423 e. The van der Waals surface area contributed by atoms with Gasteiger partial charge in [0.05, 0.1) is 7.11 Å². The quantitative estimate of drug-likeness (QED) is 0.437. The molecule has 0 aliphatic carbocycles. The summed E-state index contributed by atoms with van der Waals surface area (Å²) in [5.74, 6) is -1.80. The summed E-state index contributed by atoms with van der Waals surface area (Å²) in [4.78, 5) is 44.3. The van der Waals surface area contributed by atoms with E-state index in [1.807, 2.05) is 6.92 Å². The van der Waals surface area contributed by atoms with Gasteiger partial charge in [0, 0.05) is 18.2 Å². The van der Waals surface area contributed by atoms with Crippen LogP contribution in [0.3, 0.4) is 0 Å². The van der Waals surface area contributed by atoms with E-state index in [2.05, 4.69) is 14.8 Å². The van der Waals surface area contributed by atoms with E-state index in [1.54, 1.807) is 5.32 Å². The minimum Gasteiger partial charge on any atom is -0.466 e. The van der Waals surface area contributed by atoms with Crippen molar-refractivity contribution in [2.24, 2.45) is 0 Å². The summed E-state index contributed by atoms with van der Waals surface area (Å²) in [5.41, 5.74) is -0.0317. The van der Waals surface area contributed by atoms with E-state index in [-0.39, 0.29) is 5.57 Å². The summed E-state index contributed by atoms with van der Waals surface area (Å²) in [6.07, 6.45) is 0.255. The van der Waals surface area contributed by atoms with Crippen LogP contribution in [0.25, 0.3) is 0 Å². The van der Waals surface area contributed by atoms with Crippen LogP contribution in [0, 0.1) is 0 Å². The summed E-state index contributed by atoms with van der Waals surface area (Å²) in [6, 6.07) is -0.770. The third-order valence-corrected chi connectivity index (χ3v) is 1.79. The maximum atomic E-state index is 11.2. The van der Waals surface area contributed by atoms with Gasteiger partial charge in [-0.15, -0.1) is 0 Å². The van der Waals surface area contributed by atoms with E-state index in [0.29, 0.717) is 13.0 Å². The lowest BCUT2D eigenvalue weighted by atomic mass is 10.3. The first-order valence-electron chi connectivity index (χ1n) is 5.48. The Bertz CT molecular complexity index is 402. The molecule has 0 aliphatic rings. The molecule has 0 heterocycles. The zero-order chi connectivity index (χ0) is 14.8. The maximum Gasteiger partial charge on any atom is 0.423 e. The van der Waals surface area contributed by atoms with Crippen molar-refractivity contribution < 1.29 is 28.7 Å². The van der Waals surface area contributed by atoms with E-state index in [9.17, 15) is 19.2 Å². The van der Waals surface area contributed by atoms with Gasteiger partial charge in [0.1, 0.15) is 0 Å². The molecule has 0 fully saturated rings. The van der Waals surface area contributed by atoms with Crippen LogP contribution in [0.15, 0.2) is 11.6 Å². The Balaban J connectivity index is 4.23. The Morgan fingerprint density at radius 2 is 1.84 bits per heavy atom. The second-order valence-electron chi connectivity index (χ2n) is 3.41. The molecule has 0 aliphatic heterocycles. The van der Waals surface area contributed by atoms with Gasteiger partial charge in [-0.05, 0) is 13.3 Å².